The van der Waals surface area contributed by atoms with E-state index in [1.165, 1.54) is 0 Å². The van der Waals surface area contributed by atoms with Gasteiger partial charge in [0.05, 0.1) is 12.5 Å². The highest BCUT2D eigenvalue weighted by atomic mass is 35.5. The SMILES string of the molecule is Cc1ccc(CC(=O)NC2CCOC2c2ccc(Cl)cc2)cn1. The van der Waals surface area contributed by atoms with E-state index < -0.39 is 0 Å². The van der Waals surface area contributed by atoms with Crippen molar-refractivity contribution in [3.63, 3.8) is 0 Å². The summed E-state index contributed by atoms with van der Waals surface area (Å²) >= 11 is 5.92. The Kier molecular flexibility index (Phi) is 4.94. The number of ether oxygens (including phenoxy) is 1. The molecule has 23 heavy (non-hydrogen) atoms. The van der Waals surface area contributed by atoms with E-state index in [1.807, 2.05) is 43.3 Å². The quantitative estimate of drug-likeness (QED) is 0.936. The maximum atomic E-state index is 12.3. The van der Waals surface area contributed by atoms with Gasteiger partial charge in [0.15, 0.2) is 0 Å². The Morgan fingerprint density at radius 2 is 2.09 bits per heavy atom. The standard InChI is InChI=1S/C18H19ClN2O2/c1-12-2-3-13(11-20-12)10-17(22)21-16-8-9-23-18(16)14-4-6-15(19)7-5-14/h2-7,11,16,18H,8-10H2,1H3,(H,21,22). The van der Waals surface area contributed by atoms with Crippen molar-refractivity contribution in [3.05, 3.63) is 64.4 Å². The summed E-state index contributed by atoms with van der Waals surface area (Å²) in [4.78, 5) is 16.5. The van der Waals surface area contributed by atoms with Gasteiger partial charge in [0.2, 0.25) is 5.91 Å². The lowest BCUT2D eigenvalue weighted by molar-refractivity contribution is -0.121. The van der Waals surface area contributed by atoms with Gasteiger partial charge in [0.1, 0.15) is 6.10 Å². The monoisotopic (exact) mass is 330 g/mol. The highest BCUT2D eigenvalue weighted by Crippen LogP contribution is 2.30. The number of pyridine rings is 1. The molecule has 0 bridgehead atoms. The molecular weight excluding hydrogens is 312 g/mol. The normalized spacial score (nSPS) is 20.4. The number of aromatic nitrogens is 1. The Labute approximate surface area is 140 Å². The second-order valence-corrected chi connectivity index (χ2v) is 6.23. The number of carbonyl (C=O) groups is 1. The summed E-state index contributed by atoms with van der Waals surface area (Å²) in [5.41, 5.74) is 2.89. The number of hydrogen-bond acceptors (Lipinski definition) is 3. The molecule has 1 fully saturated rings. The van der Waals surface area contributed by atoms with Crippen LogP contribution < -0.4 is 5.32 Å². The van der Waals surface area contributed by atoms with E-state index in [2.05, 4.69) is 10.3 Å². The van der Waals surface area contributed by atoms with E-state index in [0.717, 1.165) is 23.2 Å². The topological polar surface area (TPSA) is 51.2 Å². The summed E-state index contributed by atoms with van der Waals surface area (Å²) in [7, 11) is 0. The van der Waals surface area contributed by atoms with Crippen molar-refractivity contribution in [1.29, 1.82) is 0 Å². The van der Waals surface area contributed by atoms with Crippen LogP contribution in [0.4, 0.5) is 0 Å². The smallest absolute Gasteiger partial charge is 0.224 e. The van der Waals surface area contributed by atoms with Gasteiger partial charge in [-0.3, -0.25) is 9.78 Å². The molecule has 1 aromatic heterocycles. The van der Waals surface area contributed by atoms with Gasteiger partial charge < -0.3 is 10.1 Å². The average Bonchev–Trinajstić information content (AvgIpc) is 2.98. The highest BCUT2D eigenvalue weighted by molar-refractivity contribution is 6.30. The summed E-state index contributed by atoms with van der Waals surface area (Å²) in [6, 6.07) is 11.4. The van der Waals surface area contributed by atoms with Crippen molar-refractivity contribution in [2.24, 2.45) is 0 Å². The Bertz CT molecular complexity index is 670. The van der Waals surface area contributed by atoms with Gasteiger partial charge in [0, 0.05) is 23.5 Å². The van der Waals surface area contributed by atoms with Gasteiger partial charge in [0.25, 0.3) is 0 Å². The minimum Gasteiger partial charge on any atom is -0.371 e. The Balaban J connectivity index is 1.62. The Morgan fingerprint density at radius 3 is 2.78 bits per heavy atom. The zero-order valence-electron chi connectivity index (χ0n) is 13.0. The predicted molar refractivity (Wildman–Crippen MR) is 89.4 cm³/mol. The number of carbonyl (C=O) groups excluding carboxylic acids is 1. The lowest BCUT2D eigenvalue weighted by Crippen LogP contribution is -2.37. The van der Waals surface area contributed by atoms with Crippen LogP contribution in [0.1, 0.15) is 29.3 Å². The summed E-state index contributed by atoms with van der Waals surface area (Å²) < 4.78 is 5.79. The van der Waals surface area contributed by atoms with Crippen LogP contribution in [0.25, 0.3) is 0 Å². The molecule has 1 aliphatic heterocycles. The van der Waals surface area contributed by atoms with E-state index in [4.69, 9.17) is 16.3 Å². The fraction of sp³-hybridized carbons (Fsp3) is 0.333. The molecule has 0 saturated carbocycles. The zero-order valence-corrected chi connectivity index (χ0v) is 13.7. The minimum absolute atomic E-state index is 0.00915. The van der Waals surface area contributed by atoms with Crippen LogP contribution in [0.5, 0.6) is 0 Å². The van der Waals surface area contributed by atoms with E-state index in [1.54, 1.807) is 6.20 Å². The maximum absolute atomic E-state index is 12.3. The molecule has 0 spiro atoms. The van der Waals surface area contributed by atoms with Crippen LogP contribution in [0.3, 0.4) is 0 Å². The summed E-state index contributed by atoms with van der Waals surface area (Å²) in [6.45, 7) is 2.57. The van der Waals surface area contributed by atoms with Crippen LogP contribution in [0, 0.1) is 6.92 Å². The van der Waals surface area contributed by atoms with Crippen molar-refractivity contribution in [1.82, 2.24) is 10.3 Å². The van der Waals surface area contributed by atoms with Crippen LogP contribution >= 0.6 is 11.6 Å². The van der Waals surface area contributed by atoms with Gasteiger partial charge in [-0.1, -0.05) is 29.8 Å². The number of rotatable bonds is 4. The molecule has 5 heteroatoms. The Morgan fingerprint density at radius 1 is 1.30 bits per heavy atom. The third kappa shape index (κ3) is 4.09. The molecule has 2 heterocycles. The van der Waals surface area contributed by atoms with Crippen molar-refractivity contribution >= 4 is 17.5 Å². The molecule has 1 aliphatic rings. The first-order valence-electron chi connectivity index (χ1n) is 7.70. The molecule has 4 nitrogen and oxygen atoms in total. The summed E-state index contributed by atoms with van der Waals surface area (Å²) in [5.74, 6) is -0.00915. The maximum Gasteiger partial charge on any atom is 0.224 e. The van der Waals surface area contributed by atoms with Crippen LogP contribution in [0.2, 0.25) is 5.02 Å². The zero-order chi connectivity index (χ0) is 16.2. The average molecular weight is 331 g/mol. The molecule has 1 N–H and O–H groups in total. The first-order chi connectivity index (χ1) is 11.1. The second kappa shape index (κ2) is 7.11. The summed E-state index contributed by atoms with van der Waals surface area (Å²) in [5, 5.41) is 3.77. The van der Waals surface area contributed by atoms with Gasteiger partial charge in [-0.2, -0.15) is 0 Å². The predicted octanol–water partition coefficient (Wildman–Crippen LogP) is 3.23. The number of benzene rings is 1. The molecule has 0 aliphatic carbocycles. The molecule has 0 radical (unpaired) electrons. The van der Waals surface area contributed by atoms with Crippen LogP contribution in [-0.4, -0.2) is 23.5 Å². The lowest BCUT2D eigenvalue weighted by atomic mass is 10.0. The number of aryl methyl sites for hydroxylation is 1. The lowest BCUT2D eigenvalue weighted by Gasteiger charge is -2.20. The number of nitrogens with zero attached hydrogens (tertiary/aromatic N) is 1. The molecular formula is C18H19ClN2O2. The highest BCUT2D eigenvalue weighted by Gasteiger charge is 2.30. The van der Waals surface area contributed by atoms with Gasteiger partial charge in [-0.05, 0) is 42.7 Å². The molecule has 120 valence electrons. The van der Waals surface area contributed by atoms with Crippen molar-refractivity contribution in [2.45, 2.75) is 31.9 Å². The van der Waals surface area contributed by atoms with Gasteiger partial charge >= 0.3 is 0 Å². The van der Waals surface area contributed by atoms with E-state index >= 15 is 0 Å². The van der Waals surface area contributed by atoms with E-state index in [-0.39, 0.29) is 18.1 Å². The summed E-state index contributed by atoms with van der Waals surface area (Å²) in [6.07, 6.45) is 2.77. The Hall–Kier alpha value is -1.91. The fourth-order valence-corrected chi connectivity index (χ4v) is 2.89. The molecule has 1 saturated heterocycles. The first kappa shape index (κ1) is 16.0. The van der Waals surface area contributed by atoms with Crippen molar-refractivity contribution in [3.8, 4) is 0 Å². The van der Waals surface area contributed by atoms with E-state index in [9.17, 15) is 4.79 Å². The van der Waals surface area contributed by atoms with E-state index in [0.29, 0.717) is 18.1 Å². The van der Waals surface area contributed by atoms with Crippen molar-refractivity contribution in [2.75, 3.05) is 6.61 Å². The van der Waals surface area contributed by atoms with Crippen LogP contribution in [0.15, 0.2) is 42.6 Å². The molecule has 2 aromatic rings. The fourth-order valence-electron chi connectivity index (χ4n) is 2.76. The molecule has 2 unspecified atom stereocenters. The number of nitrogens with one attached hydrogen (secondary N) is 1. The second-order valence-electron chi connectivity index (χ2n) is 5.79. The molecule has 2 atom stereocenters. The minimum atomic E-state index is -0.118. The third-order valence-electron chi connectivity index (χ3n) is 3.97. The molecule has 1 aromatic carbocycles. The number of amides is 1. The van der Waals surface area contributed by atoms with Gasteiger partial charge in [-0.15, -0.1) is 0 Å². The third-order valence-corrected chi connectivity index (χ3v) is 4.23. The molecule has 3 rings (SSSR count). The number of halogens is 1. The number of hydrogen-bond donors (Lipinski definition) is 1. The van der Waals surface area contributed by atoms with Crippen molar-refractivity contribution < 1.29 is 9.53 Å². The van der Waals surface area contributed by atoms with Crippen LogP contribution in [-0.2, 0) is 16.0 Å². The van der Waals surface area contributed by atoms with Gasteiger partial charge in [-0.25, -0.2) is 0 Å². The largest absolute Gasteiger partial charge is 0.371 e. The molecule has 1 amide bonds. The first-order valence-corrected chi connectivity index (χ1v) is 8.07.